The van der Waals surface area contributed by atoms with Gasteiger partial charge in [-0.3, -0.25) is 4.98 Å². The second-order valence-electron chi connectivity index (χ2n) is 6.97. The van der Waals surface area contributed by atoms with E-state index < -0.39 is 0 Å². The Labute approximate surface area is 194 Å². The van der Waals surface area contributed by atoms with E-state index in [0.29, 0.717) is 11.8 Å². The maximum absolute atomic E-state index is 5.15. The first-order valence-electron chi connectivity index (χ1n) is 9.90. The summed E-state index contributed by atoms with van der Waals surface area (Å²) in [5, 5.41) is 0. The lowest BCUT2D eigenvalue weighted by Crippen LogP contribution is -1.85. The summed E-state index contributed by atoms with van der Waals surface area (Å²) in [5.74, 6) is 1.23. The third kappa shape index (κ3) is 4.12. The maximum atomic E-state index is 5.15. The largest absolute Gasteiger partial charge is 0.481 e. The van der Waals surface area contributed by atoms with Crippen LogP contribution in [0.25, 0.3) is 41.8 Å². The lowest BCUT2D eigenvalue weighted by molar-refractivity contribution is 0.398. The highest BCUT2D eigenvalue weighted by atomic mass is 32.1. The first-order chi connectivity index (χ1) is 15.7. The van der Waals surface area contributed by atoms with Crippen LogP contribution in [-0.4, -0.2) is 29.2 Å². The van der Waals surface area contributed by atoms with Crippen LogP contribution < -0.4 is 9.47 Å². The molecule has 5 heterocycles. The molecule has 0 aliphatic rings. The Balaban J connectivity index is 1.40. The monoisotopic (exact) mass is 457 g/mol. The number of rotatable bonds is 6. The molecule has 5 nitrogen and oxygen atoms in total. The molecular weight excluding hydrogens is 438 g/mol. The summed E-state index contributed by atoms with van der Waals surface area (Å²) in [6.45, 7) is 0. The third-order valence-corrected chi connectivity index (χ3v) is 7.35. The van der Waals surface area contributed by atoms with Gasteiger partial charge in [-0.05, 0) is 42.5 Å². The quantitative estimate of drug-likeness (QED) is 0.285. The number of hydrogen-bond donors (Lipinski definition) is 0. The van der Waals surface area contributed by atoms with E-state index in [4.69, 9.17) is 9.47 Å². The van der Waals surface area contributed by atoms with Crippen molar-refractivity contribution < 1.29 is 9.47 Å². The van der Waals surface area contributed by atoms with Crippen LogP contribution in [0, 0.1) is 0 Å². The normalized spacial score (nSPS) is 10.8. The number of aromatic nitrogens is 3. The predicted molar refractivity (Wildman–Crippen MR) is 130 cm³/mol. The second kappa shape index (κ2) is 8.90. The Morgan fingerprint density at radius 3 is 1.34 bits per heavy atom. The Kier molecular flexibility index (Phi) is 5.66. The van der Waals surface area contributed by atoms with Crippen LogP contribution in [0.1, 0.15) is 0 Å². The van der Waals surface area contributed by atoms with Crippen LogP contribution in [0.4, 0.5) is 0 Å². The molecule has 7 heteroatoms. The molecule has 0 saturated carbocycles. The van der Waals surface area contributed by atoms with Gasteiger partial charge >= 0.3 is 0 Å². The van der Waals surface area contributed by atoms with E-state index in [-0.39, 0.29) is 0 Å². The van der Waals surface area contributed by atoms with Crippen molar-refractivity contribution in [3.8, 4) is 53.5 Å². The highest BCUT2D eigenvalue weighted by Gasteiger charge is 2.10. The average Bonchev–Trinajstić information content (AvgIpc) is 3.55. The van der Waals surface area contributed by atoms with Gasteiger partial charge in [-0.1, -0.05) is 0 Å². The minimum atomic E-state index is 0.614. The van der Waals surface area contributed by atoms with Crippen molar-refractivity contribution >= 4 is 22.7 Å². The molecule has 5 aromatic heterocycles. The smallest absolute Gasteiger partial charge is 0.212 e. The minimum absolute atomic E-state index is 0.614. The summed E-state index contributed by atoms with van der Waals surface area (Å²) in [5.41, 5.74) is 4.34. The van der Waals surface area contributed by atoms with Crippen LogP contribution in [0.5, 0.6) is 11.8 Å². The fourth-order valence-corrected chi connectivity index (χ4v) is 5.25. The first-order valence-corrected chi connectivity index (χ1v) is 11.5. The number of pyridine rings is 3. The molecule has 0 fully saturated rings. The fraction of sp³-hybridized carbons (Fsp3) is 0.0800. The Hall–Kier alpha value is -3.55. The highest BCUT2D eigenvalue weighted by molar-refractivity contribution is 7.19. The van der Waals surface area contributed by atoms with Gasteiger partial charge in [0.25, 0.3) is 0 Å². The Bertz CT molecular complexity index is 1240. The summed E-state index contributed by atoms with van der Waals surface area (Å²) in [6.07, 6.45) is 7.50. The van der Waals surface area contributed by atoms with Gasteiger partial charge in [-0.25, -0.2) is 9.97 Å². The molecule has 0 radical (unpaired) electrons. The van der Waals surface area contributed by atoms with E-state index in [1.54, 1.807) is 36.9 Å². The summed E-state index contributed by atoms with van der Waals surface area (Å²) < 4.78 is 10.3. The zero-order chi connectivity index (χ0) is 21.9. The Morgan fingerprint density at radius 2 is 0.969 bits per heavy atom. The Morgan fingerprint density at radius 1 is 0.531 bits per heavy atom. The predicted octanol–water partition coefficient (Wildman–Crippen LogP) is 6.68. The zero-order valence-electron chi connectivity index (χ0n) is 17.5. The molecule has 32 heavy (non-hydrogen) atoms. The van der Waals surface area contributed by atoms with E-state index in [9.17, 15) is 0 Å². The standard InChI is InChI=1S/C25H19N3O2S2/c1-29-24-9-3-16(14-27-24)20-5-7-22(31-20)18-11-19(13-26-12-18)23-8-6-21(32-23)17-4-10-25(30-2)28-15-17/h3-15H,1-2H3. The van der Waals surface area contributed by atoms with Crippen molar-refractivity contribution in [1.29, 1.82) is 0 Å². The molecule has 0 spiro atoms. The van der Waals surface area contributed by atoms with Crippen LogP contribution in [0.2, 0.25) is 0 Å². The molecule has 5 aromatic rings. The first kappa shape index (κ1) is 20.4. The van der Waals surface area contributed by atoms with Crippen LogP contribution in [0.3, 0.4) is 0 Å². The minimum Gasteiger partial charge on any atom is -0.481 e. The van der Waals surface area contributed by atoms with Gasteiger partial charge < -0.3 is 9.47 Å². The maximum Gasteiger partial charge on any atom is 0.212 e. The van der Waals surface area contributed by atoms with Crippen molar-refractivity contribution in [1.82, 2.24) is 15.0 Å². The summed E-state index contributed by atoms with van der Waals surface area (Å²) in [4.78, 5) is 17.8. The number of ether oxygens (including phenoxy) is 2. The number of methoxy groups -OCH3 is 2. The molecule has 0 N–H and O–H groups in total. The summed E-state index contributed by atoms with van der Waals surface area (Å²) in [6, 6.07) is 18.5. The number of thiophene rings is 2. The van der Waals surface area contributed by atoms with E-state index in [0.717, 1.165) is 32.0 Å². The van der Waals surface area contributed by atoms with Crippen molar-refractivity contribution in [2.45, 2.75) is 0 Å². The topological polar surface area (TPSA) is 57.1 Å². The van der Waals surface area contributed by atoms with Crippen molar-refractivity contribution in [2.24, 2.45) is 0 Å². The summed E-state index contributed by atoms with van der Waals surface area (Å²) in [7, 11) is 3.24. The number of nitrogens with zero attached hydrogens (tertiary/aromatic N) is 3. The number of hydrogen-bond acceptors (Lipinski definition) is 7. The molecule has 0 aromatic carbocycles. The van der Waals surface area contributed by atoms with Gasteiger partial charge in [0.05, 0.1) is 14.2 Å². The molecule has 0 bridgehead atoms. The van der Waals surface area contributed by atoms with Crippen molar-refractivity contribution in [3.63, 3.8) is 0 Å². The molecule has 0 amide bonds. The van der Waals surface area contributed by atoms with Gasteiger partial charge in [0.2, 0.25) is 11.8 Å². The summed E-state index contributed by atoms with van der Waals surface area (Å²) >= 11 is 3.45. The van der Waals surface area contributed by atoms with Gasteiger partial charge in [-0.15, -0.1) is 22.7 Å². The van der Waals surface area contributed by atoms with Gasteiger partial charge in [0.15, 0.2) is 0 Å². The van der Waals surface area contributed by atoms with E-state index in [1.165, 1.54) is 9.75 Å². The van der Waals surface area contributed by atoms with Crippen LogP contribution in [0.15, 0.2) is 79.4 Å². The van der Waals surface area contributed by atoms with E-state index in [1.807, 2.05) is 49.1 Å². The molecule has 0 unspecified atom stereocenters. The second-order valence-corrected chi connectivity index (χ2v) is 9.14. The SMILES string of the molecule is COc1ccc(-c2ccc(-c3cncc(-c4ccc(-c5ccc(OC)nc5)s4)c3)s2)cn1. The fourth-order valence-electron chi connectivity index (χ4n) is 3.30. The molecule has 0 saturated heterocycles. The zero-order valence-corrected chi connectivity index (χ0v) is 19.1. The lowest BCUT2D eigenvalue weighted by atomic mass is 10.1. The molecular formula is C25H19N3O2S2. The van der Waals surface area contributed by atoms with Crippen LogP contribution >= 0.6 is 22.7 Å². The molecule has 158 valence electrons. The molecule has 0 aliphatic carbocycles. The lowest BCUT2D eigenvalue weighted by Gasteiger charge is -2.02. The van der Waals surface area contributed by atoms with E-state index >= 15 is 0 Å². The molecule has 0 aliphatic heterocycles. The van der Waals surface area contributed by atoms with Gasteiger partial charge in [-0.2, -0.15) is 0 Å². The van der Waals surface area contributed by atoms with E-state index in [2.05, 4.69) is 45.3 Å². The molecule has 0 atom stereocenters. The average molecular weight is 458 g/mol. The third-order valence-electron chi connectivity index (χ3n) is 4.98. The van der Waals surface area contributed by atoms with Crippen molar-refractivity contribution in [2.75, 3.05) is 14.2 Å². The van der Waals surface area contributed by atoms with Crippen molar-refractivity contribution in [3.05, 3.63) is 79.4 Å². The highest BCUT2D eigenvalue weighted by Crippen LogP contribution is 2.38. The van der Waals surface area contributed by atoms with Crippen LogP contribution in [-0.2, 0) is 0 Å². The molecule has 5 rings (SSSR count). The van der Waals surface area contributed by atoms with Gasteiger partial charge in [0, 0.05) is 78.7 Å². The van der Waals surface area contributed by atoms with Gasteiger partial charge in [0.1, 0.15) is 0 Å².